The third-order valence-electron chi connectivity index (χ3n) is 2.09. The summed E-state index contributed by atoms with van der Waals surface area (Å²) in [5, 5.41) is 13.8. The minimum atomic E-state index is 0.148. The van der Waals surface area contributed by atoms with Crippen molar-refractivity contribution >= 4 is 5.65 Å². The van der Waals surface area contributed by atoms with Gasteiger partial charge in [-0.05, 0) is 13.3 Å². The average Bonchev–Trinajstić information content (AvgIpc) is 2.48. The van der Waals surface area contributed by atoms with Crippen LogP contribution in [0.3, 0.4) is 0 Å². The Kier molecular flexibility index (Phi) is 2.11. The molecule has 0 radical (unpaired) electrons. The fourth-order valence-electron chi connectivity index (χ4n) is 1.51. The van der Waals surface area contributed by atoms with Crippen LogP contribution < -0.4 is 0 Å². The van der Waals surface area contributed by atoms with Gasteiger partial charge in [0.1, 0.15) is 0 Å². The second-order valence-electron chi connectivity index (χ2n) is 3.41. The number of nitrogens with zero attached hydrogens (tertiary/aromatic N) is 3. The molecule has 0 amide bonds. The van der Waals surface area contributed by atoms with Gasteiger partial charge in [-0.3, -0.25) is 0 Å². The SMILES string of the molecule is CCCc1cc2nc(C)cc(O)n2n1. The van der Waals surface area contributed by atoms with Gasteiger partial charge in [-0.1, -0.05) is 13.3 Å². The van der Waals surface area contributed by atoms with Crippen molar-refractivity contribution in [3.05, 3.63) is 23.5 Å². The van der Waals surface area contributed by atoms with E-state index in [2.05, 4.69) is 17.0 Å². The molecule has 0 aliphatic carbocycles. The number of fused-ring (bicyclic) bond motifs is 1. The molecule has 2 rings (SSSR count). The lowest BCUT2D eigenvalue weighted by Gasteiger charge is -1.97. The van der Waals surface area contributed by atoms with Gasteiger partial charge in [-0.15, -0.1) is 0 Å². The van der Waals surface area contributed by atoms with Gasteiger partial charge in [-0.2, -0.15) is 9.61 Å². The summed E-state index contributed by atoms with van der Waals surface area (Å²) in [7, 11) is 0. The maximum Gasteiger partial charge on any atom is 0.215 e. The van der Waals surface area contributed by atoms with Crippen LogP contribution >= 0.6 is 0 Å². The molecule has 14 heavy (non-hydrogen) atoms. The highest BCUT2D eigenvalue weighted by molar-refractivity contribution is 5.43. The number of rotatable bonds is 2. The molecular formula is C10H13N3O. The molecular weight excluding hydrogens is 178 g/mol. The molecule has 2 aromatic rings. The summed E-state index contributed by atoms with van der Waals surface area (Å²) >= 11 is 0. The van der Waals surface area contributed by atoms with E-state index in [1.165, 1.54) is 4.52 Å². The Morgan fingerprint density at radius 2 is 2.21 bits per heavy atom. The van der Waals surface area contributed by atoms with E-state index in [4.69, 9.17) is 0 Å². The largest absolute Gasteiger partial charge is 0.493 e. The summed E-state index contributed by atoms with van der Waals surface area (Å²) in [6.45, 7) is 3.95. The Morgan fingerprint density at radius 3 is 2.93 bits per heavy atom. The molecule has 0 saturated heterocycles. The maximum atomic E-state index is 9.59. The van der Waals surface area contributed by atoms with Crippen molar-refractivity contribution in [2.45, 2.75) is 26.7 Å². The molecule has 0 aliphatic heterocycles. The highest BCUT2D eigenvalue weighted by Crippen LogP contribution is 2.14. The molecule has 74 valence electrons. The van der Waals surface area contributed by atoms with Crippen LogP contribution in [0.2, 0.25) is 0 Å². The second kappa shape index (κ2) is 3.29. The summed E-state index contributed by atoms with van der Waals surface area (Å²) in [6.07, 6.45) is 1.96. The zero-order chi connectivity index (χ0) is 10.1. The quantitative estimate of drug-likeness (QED) is 0.786. The highest BCUT2D eigenvalue weighted by Gasteiger charge is 2.06. The van der Waals surface area contributed by atoms with Crippen molar-refractivity contribution in [2.24, 2.45) is 0 Å². The average molecular weight is 191 g/mol. The van der Waals surface area contributed by atoms with E-state index in [1.807, 2.05) is 13.0 Å². The van der Waals surface area contributed by atoms with Gasteiger partial charge in [0.2, 0.25) is 5.88 Å². The molecule has 0 saturated carbocycles. The van der Waals surface area contributed by atoms with E-state index in [0.29, 0.717) is 5.65 Å². The van der Waals surface area contributed by atoms with E-state index in [-0.39, 0.29) is 5.88 Å². The molecule has 0 unspecified atom stereocenters. The van der Waals surface area contributed by atoms with Crippen molar-refractivity contribution in [3.63, 3.8) is 0 Å². The van der Waals surface area contributed by atoms with Crippen LogP contribution in [0.15, 0.2) is 12.1 Å². The molecule has 4 heteroatoms. The molecule has 0 atom stereocenters. The molecule has 0 spiro atoms. The lowest BCUT2D eigenvalue weighted by Crippen LogP contribution is -1.93. The molecule has 4 nitrogen and oxygen atoms in total. The van der Waals surface area contributed by atoms with Gasteiger partial charge in [0, 0.05) is 17.8 Å². The van der Waals surface area contributed by atoms with Crippen LogP contribution in [0.5, 0.6) is 5.88 Å². The van der Waals surface area contributed by atoms with Gasteiger partial charge >= 0.3 is 0 Å². The van der Waals surface area contributed by atoms with Crippen molar-refractivity contribution < 1.29 is 5.11 Å². The van der Waals surface area contributed by atoms with Gasteiger partial charge in [0.05, 0.1) is 5.69 Å². The first-order chi connectivity index (χ1) is 6.70. The topological polar surface area (TPSA) is 50.4 Å². The fourth-order valence-corrected chi connectivity index (χ4v) is 1.51. The standard InChI is InChI=1S/C10H13N3O/c1-3-4-8-6-9-11-7(2)5-10(14)13(9)12-8/h5-6,14H,3-4H2,1-2H3. The minimum absolute atomic E-state index is 0.148. The predicted octanol–water partition coefficient (Wildman–Crippen LogP) is 1.70. The molecule has 0 aliphatic rings. The molecule has 2 aromatic heterocycles. The lowest BCUT2D eigenvalue weighted by molar-refractivity contribution is 0.433. The van der Waals surface area contributed by atoms with Crippen LogP contribution in [0.25, 0.3) is 5.65 Å². The van der Waals surface area contributed by atoms with Crippen LogP contribution in [-0.2, 0) is 6.42 Å². The normalized spacial score (nSPS) is 11.0. The van der Waals surface area contributed by atoms with Crippen molar-refractivity contribution in [1.29, 1.82) is 0 Å². The van der Waals surface area contributed by atoms with E-state index >= 15 is 0 Å². The fraction of sp³-hybridized carbons (Fsp3) is 0.400. The third kappa shape index (κ3) is 1.43. The smallest absolute Gasteiger partial charge is 0.215 e. The highest BCUT2D eigenvalue weighted by atomic mass is 16.3. The van der Waals surface area contributed by atoms with Gasteiger partial charge in [0.25, 0.3) is 0 Å². The zero-order valence-electron chi connectivity index (χ0n) is 8.36. The summed E-state index contributed by atoms with van der Waals surface area (Å²) in [6, 6.07) is 3.52. The van der Waals surface area contributed by atoms with Gasteiger partial charge in [-0.25, -0.2) is 4.98 Å². The Hall–Kier alpha value is -1.58. The first-order valence-corrected chi connectivity index (χ1v) is 4.76. The monoisotopic (exact) mass is 191 g/mol. The first-order valence-electron chi connectivity index (χ1n) is 4.76. The van der Waals surface area contributed by atoms with Crippen LogP contribution in [-0.4, -0.2) is 19.7 Å². The first kappa shape index (κ1) is 8.99. The van der Waals surface area contributed by atoms with E-state index in [1.54, 1.807) is 6.07 Å². The lowest BCUT2D eigenvalue weighted by atomic mass is 10.2. The number of aromatic hydroxyl groups is 1. The Balaban J connectivity index is 2.58. The van der Waals surface area contributed by atoms with Crippen LogP contribution in [0.1, 0.15) is 24.7 Å². The summed E-state index contributed by atoms with van der Waals surface area (Å²) in [4.78, 5) is 4.28. The Bertz CT molecular complexity index is 462. The second-order valence-corrected chi connectivity index (χ2v) is 3.41. The molecule has 0 fully saturated rings. The van der Waals surface area contributed by atoms with Crippen LogP contribution in [0, 0.1) is 6.92 Å². The van der Waals surface area contributed by atoms with Crippen LogP contribution in [0.4, 0.5) is 0 Å². The van der Waals surface area contributed by atoms with E-state index < -0.39 is 0 Å². The summed E-state index contributed by atoms with van der Waals surface area (Å²) in [5.41, 5.74) is 2.49. The van der Waals surface area contributed by atoms with E-state index in [0.717, 1.165) is 24.2 Å². The molecule has 0 bridgehead atoms. The maximum absolute atomic E-state index is 9.59. The van der Waals surface area contributed by atoms with Crippen molar-refractivity contribution in [3.8, 4) is 5.88 Å². The predicted molar refractivity (Wildman–Crippen MR) is 53.4 cm³/mol. The number of hydrogen-bond acceptors (Lipinski definition) is 3. The van der Waals surface area contributed by atoms with Gasteiger partial charge < -0.3 is 5.11 Å². The Morgan fingerprint density at radius 1 is 1.43 bits per heavy atom. The minimum Gasteiger partial charge on any atom is -0.493 e. The summed E-state index contributed by atoms with van der Waals surface area (Å²) in [5.74, 6) is 0.148. The Labute approximate surface area is 82.2 Å². The number of aromatic nitrogens is 3. The summed E-state index contributed by atoms with van der Waals surface area (Å²) < 4.78 is 1.47. The molecule has 2 heterocycles. The third-order valence-corrected chi connectivity index (χ3v) is 2.09. The van der Waals surface area contributed by atoms with Crippen molar-refractivity contribution in [2.75, 3.05) is 0 Å². The van der Waals surface area contributed by atoms with E-state index in [9.17, 15) is 5.11 Å². The zero-order valence-corrected chi connectivity index (χ0v) is 8.36. The van der Waals surface area contributed by atoms with Crippen molar-refractivity contribution in [1.82, 2.24) is 14.6 Å². The van der Waals surface area contributed by atoms with Gasteiger partial charge in [0.15, 0.2) is 5.65 Å². The molecule has 1 N–H and O–H groups in total. The number of hydrogen-bond donors (Lipinski definition) is 1. The molecule has 0 aromatic carbocycles. The number of aryl methyl sites for hydroxylation is 2.